The third kappa shape index (κ3) is 8.07. The molecule has 1 N–H and O–H groups in total. The number of anilines is 1. The van der Waals surface area contributed by atoms with Gasteiger partial charge < -0.3 is 10.2 Å². The Bertz CT molecular complexity index is 1350. The minimum Gasteiger partial charge on any atom is -0.352 e. The maximum Gasteiger partial charge on any atom is 0.244 e. The van der Waals surface area contributed by atoms with Crippen molar-refractivity contribution in [2.45, 2.75) is 45.8 Å². The van der Waals surface area contributed by atoms with E-state index in [9.17, 15) is 18.0 Å². The molecule has 0 radical (unpaired) electrons. The summed E-state index contributed by atoms with van der Waals surface area (Å²) < 4.78 is 26.8. The molecule has 1 atom stereocenters. The van der Waals surface area contributed by atoms with Crippen LogP contribution in [0.4, 0.5) is 5.69 Å². The molecular weight excluding hydrogens is 522 g/mol. The quantitative estimate of drug-likeness (QED) is 0.375. The number of nitrogens with one attached hydrogen (secondary N) is 1. The molecule has 0 unspecified atom stereocenters. The van der Waals surface area contributed by atoms with E-state index in [1.54, 1.807) is 55.5 Å². The molecule has 0 aromatic heterocycles. The van der Waals surface area contributed by atoms with Gasteiger partial charge in [-0.15, -0.1) is 0 Å². The molecule has 0 heterocycles. The fraction of sp³-hybridized carbons (Fsp3) is 0.310. The number of sulfonamides is 1. The zero-order chi connectivity index (χ0) is 27.9. The average Bonchev–Trinajstić information content (AvgIpc) is 2.85. The Labute approximate surface area is 230 Å². The van der Waals surface area contributed by atoms with E-state index in [4.69, 9.17) is 11.6 Å². The fourth-order valence-corrected chi connectivity index (χ4v) is 5.19. The van der Waals surface area contributed by atoms with Gasteiger partial charge >= 0.3 is 0 Å². The summed E-state index contributed by atoms with van der Waals surface area (Å²) in [5, 5.41) is 3.48. The van der Waals surface area contributed by atoms with E-state index < -0.39 is 28.5 Å². The van der Waals surface area contributed by atoms with Crippen LogP contribution in [0, 0.1) is 6.92 Å². The number of hydrogen-bond donors (Lipinski definition) is 1. The van der Waals surface area contributed by atoms with Crippen molar-refractivity contribution in [3.8, 4) is 0 Å². The van der Waals surface area contributed by atoms with Gasteiger partial charge in [0.25, 0.3) is 0 Å². The average molecular weight is 556 g/mol. The number of amides is 2. The number of benzene rings is 3. The molecule has 7 nitrogen and oxygen atoms in total. The van der Waals surface area contributed by atoms with Crippen molar-refractivity contribution < 1.29 is 18.0 Å². The van der Waals surface area contributed by atoms with Crippen molar-refractivity contribution in [1.82, 2.24) is 10.2 Å². The molecule has 9 heteroatoms. The molecular formula is C29H34ClN3O4S. The first kappa shape index (κ1) is 29.2. The van der Waals surface area contributed by atoms with Gasteiger partial charge in [0.15, 0.2) is 0 Å². The first-order chi connectivity index (χ1) is 18.0. The standard InChI is InChI=1S/C29H34ClN3O4S/c1-21(2)31-29(35)27(18-23-11-6-5-7-12-23)32(19-24-14-16-25(30)17-15-24)28(34)20-33(38(4,36)37)26-13-9-8-10-22(26)3/h5-17,21,27H,18-20H2,1-4H3,(H,31,35)/t27-/m0/s1. The molecule has 38 heavy (non-hydrogen) atoms. The number of carbonyl (C=O) groups is 2. The fourth-order valence-electron chi connectivity index (χ4n) is 4.16. The smallest absolute Gasteiger partial charge is 0.244 e. The number of nitrogens with zero attached hydrogens (tertiary/aromatic N) is 2. The maximum absolute atomic E-state index is 14.0. The van der Waals surface area contributed by atoms with Gasteiger partial charge in [-0.3, -0.25) is 13.9 Å². The first-order valence-corrected chi connectivity index (χ1v) is 14.6. The van der Waals surface area contributed by atoms with Gasteiger partial charge in [0.05, 0.1) is 11.9 Å². The van der Waals surface area contributed by atoms with Crippen LogP contribution in [0.2, 0.25) is 5.02 Å². The lowest BCUT2D eigenvalue weighted by Gasteiger charge is -2.34. The minimum atomic E-state index is -3.80. The molecule has 3 aromatic carbocycles. The molecule has 3 aromatic rings. The van der Waals surface area contributed by atoms with Gasteiger partial charge in [0, 0.05) is 24.0 Å². The Kier molecular flexibility index (Phi) is 9.94. The lowest BCUT2D eigenvalue weighted by Crippen LogP contribution is -2.54. The van der Waals surface area contributed by atoms with Crippen LogP contribution in [0.5, 0.6) is 0 Å². The molecule has 0 aliphatic heterocycles. The van der Waals surface area contributed by atoms with E-state index in [2.05, 4.69) is 5.32 Å². The third-order valence-electron chi connectivity index (χ3n) is 6.03. The molecule has 3 rings (SSSR count). The van der Waals surface area contributed by atoms with Crippen LogP contribution in [0.3, 0.4) is 0 Å². The van der Waals surface area contributed by atoms with E-state index >= 15 is 0 Å². The lowest BCUT2D eigenvalue weighted by molar-refractivity contribution is -0.140. The van der Waals surface area contributed by atoms with E-state index in [1.807, 2.05) is 44.2 Å². The zero-order valence-corrected chi connectivity index (χ0v) is 23.7. The number of carbonyl (C=O) groups excluding carboxylic acids is 2. The molecule has 0 saturated heterocycles. The van der Waals surface area contributed by atoms with Gasteiger partial charge in [0.1, 0.15) is 12.6 Å². The summed E-state index contributed by atoms with van der Waals surface area (Å²) in [5.74, 6) is -0.804. The Morgan fingerprint density at radius 3 is 2.08 bits per heavy atom. The highest BCUT2D eigenvalue weighted by atomic mass is 35.5. The molecule has 0 aliphatic carbocycles. The second-order valence-corrected chi connectivity index (χ2v) is 11.9. The Hall–Kier alpha value is -3.36. The van der Waals surface area contributed by atoms with Gasteiger partial charge in [-0.25, -0.2) is 8.42 Å². The second kappa shape index (κ2) is 12.9. The second-order valence-electron chi connectivity index (χ2n) is 9.57. The van der Waals surface area contributed by atoms with Gasteiger partial charge in [0.2, 0.25) is 21.8 Å². The minimum absolute atomic E-state index is 0.102. The number of aryl methyl sites for hydroxylation is 1. The Morgan fingerprint density at radius 2 is 1.50 bits per heavy atom. The van der Waals surface area contributed by atoms with E-state index in [-0.39, 0.29) is 24.9 Å². The van der Waals surface area contributed by atoms with Crippen LogP contribution in [0.1, 0.15) is 30.5 Å². The molecule has 0 saturated carbocycles. The predicted octanol–water partition coefficient (Wildman–Crippen LogP) is 4.58. The highest BCUT2D eigenvalue weighted by Crippen LogP contribution is 2.23. The van der Waals surface area contributed by atoms with Gasteiger partial charge in [-0.2, -0.15) is 0 Å². The van der Waals surface area contributed by atoms with E-state index in [0.717, 1.165) is 21.7 Å². The number of rotatable bonds is 11. The molecule has 0 fully saturated rings. The molecule has 0 bridgehead atoms. The Balaban J connectivity index is 2.06. The zero-order valence-electron chi connectivity index (χ0n) is 22.1. The van der Waals surface area contributed by atoms with E-state index in [1.165, 1.54) is 4.90 Å². The summed E-state index contributed by atoms with van der Waals surface area (Å²) >= 11 is 6.07. The summed E-state index contributed by atoms with van der Waals surface area (Å²) in [6, 6.07) is 22.4. The number of halogens is 1. The molecule has 0 aliphatic rings. The Morgan fingerprint density at radius 1 is 0.895 bits per heavy atom. The normalized spacial score (nSPS) is 12.2. The van der Waals surface area contributed by atoms with Crippen molar-refractivity contribution in [3.63, 3.8) is 0 Å². The van der Waals surface area contributed by atoms with Crippen LogP contribution in [-0.4, -0.2) is 50.0 Å². The van der Waals surface area contributed by atoms with Crippen molar-refractivity contribution >= 4 is 39.1 Å². The van der Waals surface area contributed by atoms with Gasteiger partial charge in [-0.1, -0.05) is 72.3 Å². The topological polar surface area (TPSA) is 86.8 Å². The molecule has 202 valence electrons. The van der Waals surface area contributed by atoms with Crippen LogP contribution in [0.15, 0.2) is 78.9 Å². The summed E-state index contributed by atoms with van der Waals surface area (Å²) in [4.78, 5) is 29.0. The summed E-state index contributed by atoms with van der Waals surface area (Å²) in [6.45, 7) is 5.15. The highest BCUT2D eigenvalue weighted by molar-refractivity contribution is 7.92. The first-order valence-electron chi connectivity index (χ1n) is 12.4. The summed E-state index contributed by atoms with van der Waals surface area (Å²) in [6.07, 6.45) is 1.34. The van der Waals surface area contributed by atoms with Crippen molar-refractivity contribution in [3.05, 3.63) is 101 Å². The van der Waals surface area contributed by atoms with Crippen molar-refractivity contribution in [1.29, 1.82) is 0 Å². The lowest BCUT2D eigenvalue weighted by atomic mass is 10.0. The number of para-hydroxylation sites is 1. The monoisotopic (exact) mass is 555 g/mol. The maximum atomic E-state index is 14.0. The van der Waals surface area contributed by atoms with Gasteiger partial charge in [-0.05, 0) is 55.7 Å². The predicted molar refractivity (Wildman–Crippen MR) is 153 cm³/mol. The van der Waals surface area contributed by atoms with Crippen molar-refractivity contribution in [2.24, 2.45) is 0 Å². The highest BCUT2D eigenvalue weighted by Gasteiger charge is 2.33. The van der Waals surface area contributed by atoms with Crippen LogP contribution < -0.4 is 9.62 Å². The molecule has 2 amide bonds. The summed E-state index contributed by atoms with van der Waals surface area (Å²) in [5.41, 5.74) is 2.78. The SMILES string of the molecule is Cc1ccccc1N(CC(=O)N(Cc1ccc(Cl)cc1)[C@@H](Cc1ccccc1)C(=O)NC(C)C)S(C)(=O)=O. The van der Waals surface area contributed by atoms with Crippen LogP contribution in [0.25, 0.3) is 0 Å². The largest absolute Gasteiger partial charge is 0.352 e. The van der Waals surface area contributed by atoms with Crippen molar-refractivity contribution in [2.75, 3.05) is 17.1 Å². The van der Waals surface area contributed by atoms with E-state index in [0.29, 0.717) is 16.3 Å². The molecule has 0 spiro atoms. The summed E-state index contributed by atoms with van der Waals surface area (Å²) in [7, 11) is -3.80. The van der Waals surface area contributed by atoms with Crippen LogP contribution in [-0.2, 0) is 32.6 Å². The number of hydrogen-bond acceptors (Lipinski definition) is 4. The van der Waals surface area contributed by atoms with Crippen LogP contribution >= 0.6 is 11.6 Å². The third-order valence-corrected chi connectivity index (χ3v) is 7.41.